The van der Waals surface area contributed by atoms with Gasteiger partial charge in [0.15, 0.2) is 5.82 Å². The molecule has 67 heavy (non-hydrogen) atoms. The third kappa shape index (κ3) is 11.2. The highest BCUT2D eigenvalue weighted by atomic mass is 32.1. The average Bonchev–Trinajstić information content (AvgIpc) is 4.05. The molecule has 0 radical (unpaired) electrons. The van der Waals surface area contributed by atoms with Gasteiger partial charge >= 0.3 is 0 Å². The minimum atomic E-state index is -1.17. The number of aromatic nitrogens is 3. The van der Waals surface area contributed by atoms with Crippen molar-refractivity contribution in [1.29, 1.82) is 0 Å². The Morgan fingerprint density at radius 3 is 2.37 bits per heavy atom. The van der Waals surface area contributed by atoms with Crippen LogP contribution in [0.2, 0.25) is 0 Å². The molecular formula is C50H53F2N7O7S. The number of nitrogens with one attached hydrogen (secondary N) is 4. The smallest absolute Gasteiger partial charge is 0.246 e. The Kier molecular flexibility index (Phi) is 14.9. The minimum Gasteiger partial charge on any atom is -0.494 e. The van der Waals surface area contributed by atoms with Crippen LogP contribution in [0.3, 0.4) is 0 Å². The number of benzene rings is 3. The summed E-state index contributed by atoms with van der Waals surface area (Å²) in [5.41, 5.74) is 4.53. The molecule has 1 aliphatic rings. The number of nitrogens with zero attached hydrogens (tertiary/aromatic N) is 3. The van der Waals surface area contributed by atoms with Crippen molar-refractivity contribution in [1.82, 2.24) is 30.5 Å². The molecule has 1 saturated heterocycles. The summed E-state index contributed by atoms with van der Waals surface area (Å²) in [6.07, 6.45) is 3.17. The summed E-state index contributed by atoms with van der Waals surface area (Å²) in [4.78, 5) is 80.5. The zero-order valence-electron chi connectivity index (χ0n) is 37.9. The number of carbonyl (C=O) groups is 5. The van der Waals surface area contributed by atoms with Gasteiger partial charge in [-0.05, 0) is 72.2 Å². The van der Waals surface area contributed by atoms with Crippen molar-refractivity contribution in [2.45, 2.75) is 91.5 Å². The molecule has 0 spiro atoms. The topological polar surface area (TPSA) is 196 Å². The largest absolute Gasteiger partial charge is 0.494 e. The summed E-state index contributed by atoms with van der Waals surface area (Å²) in [5.74, 6) is -4.29. The molecular weight excluding hydrogens is 881 g/mol. The number of thiazole rings is 1. The van der Waals surface area contributed by atoms with Crippen LogP contribution >= 0.6 is 11.3 Å². The van der Waals surface area contributed by atoms with Gasteiger partial charge in [0, 0.05) is 61.3 Å². The van der Waals surface area contributed by atoms with Crippen LogP contribution in [-0.2, 0) is 25.7 Å². The third-order valence-electron chi connectivity index (χ3n) is 11.6. The molecule has 4 heterocycles. The van der Waals surface area contributed by atoms with E-state index >= 15 is 4.39 Å². The number of rotatable bonds is 17. The number of aliphatic hydroxyl groups excluding tert-OH is 1. The molecule has 5 N–H and O–H groups in total. The van der Waals surface area contributed by atoms with Crippen molar-refractivity contribution in [3.05, 3.63) is 119 Å². The van der Waals surface area contributed by atoms with Gasteiger partial charge in [0.2, 0.25) is 29.4 Å². The Hall–Kier alpha value is -6.85. The van der Waals surface area contributed by atoms with Crippen LogP contribution < -0.4 is 20.7 Å². The lowest BCUT2D eigenvalue weighted by Crippen LogP contribution is -2.57. The van der Waals surface area contributed by atoms with Gasteiger partial charge in [-0.1, -0.05) is 64.1 Å². The average molecular weight is 934 g/mol. The van der Waals surface area contributed by atoms with Gasteiger partial charge in [-0.3, -0.25) is 24.0 Å². The molecule has 4 amide bonds. The number of likely N-dealkylation sites (tertiary alicyclic amines) is 1. The van der Waals surface area contributed by atoms with Crippen molar-refractivity contribution in [2.75, 3.05) is 18.5 Å². The molecule has 1 aliphatic heterocycles. The number of pyridine rings is 1. The van der Waals surface area contributed by atoms with E-state index in [4.69, 9.17) is 4.74 Å². The number of amides is 4. The van der Waals surface area contributed by atoms with E-state index in [-0.39, 0.29) is 62.0 Å². The molecule has 1 fully saturated rings. The second-order valence-electron chi connectivity index (χ2n) is 17.7. The minimum absolute atomic E-state index is 0.0000867. The Morgan fingerprint density at radius 2 is 1.69 bits per heavy atom. The zero-order chi connectivity index (χ0) is 48.0. The number of ether oxygens (including phenoxy) is 1. The molecule has 3 aromatic carbocycles. The molecule has 14 nitrogen and oxygen atoms in total. The lowest BCUT2D eigenvalue weighted by molar-refractivity contribution is -0.144. The van der Waals surface area contributed by atoms with Gasteiger partial charge < -0.3 is 35.7 Å². The SMILES string of the molecule is CCCC(=O)Nc1ccc(F)c(C(=O)c2c[nH]c3ncc(-c4ccc(OCCCC(=O)N[C@H](C(=O)N5C[C@H](O)C[C@H]5C(=O)NCc5ccc(-c6scnc6C)cc5)C(C)(C)C)cc4)cc23)c1F. The van der Waals surface area contributed by atoms with E-state index in [0.717, 1.165) is 39.4 Å². The Morgan fingerprint density at radius 1 is 0.955 bits per heavy atom. The molecule has 6 aromatic rings. The summed E-state index contributed by atoms with van der Waals surface area (Å²) in [5, 5.41) is 19.1. The van der Waals surface area contributed by atoms with Crippen molar-refractivity contribution in [2.24, 2.45) is 5.41 Å². The number of halogens is 2. The third-order valence-corrected chi connectivity index (χ3v) is 12.5. The molecule has 0 saturated carbocycles. The Bertz CT molecular complexity index is 2790. The number of β-amino-alcohol motifs (C(OH)–C–C–N with tert-alkyl or cyclic N) is 1. The second-order valence-corrected chi connectivity index (χ2v) is 18.5. The number of carbonyl (C=O) groups excluding carboxylic acids is 5. The Labute approximate surface area is 390 Å². The first-order chi connectivity index (χ1) is 32.0. The molecule has 7 rings (SSSR count). The van der Waals surface area contributed by atoms with Gasteiger partial charge in [0.1, 0.15) is 29.3 Å². The number of fused-ring (bicyclic) bond motifs is 1. The maximum absolute atomic E-state index is 15.5. The molecule has 0 unspecified atom stereocenters. The standard InChI is InChI=1S/C50H53F2N7O7S/c1-6-8-40(61)57-38-19-18-37(51)42(43(38)52)44(63)36-25-54-47-35(36)21-32(24-53-47)30-14-16-34(17-15-30)66-20-7-9-41(62)58-46(50(3,4)5)49(65)59-26-33(60)22-39(59)48(64)55-23-29-10-12-31(13-11-29)45-28(2)56-27-67-45/h10-19,21,24-25,27,33,39,46,60H,6-9,20,22-23,26H2,1-5H3,(H,53,54)(H,55,64)(H,57,61)(H,58,62)/t33-,39+,46-/m1/s1. The predicted octanol–water partition coefficient (Wildman–Crippen LogP) is 7.88. The van der Waals surface area contributed by atoms with Crippen molar-refractivity contribution in [3.8, 4) is 27.3 Å². The summed E-state index contributed by atoms with van der Waals surface area (Å²) in [7, 11) is 0. The van der Waals surface area contributed by atoms with Crippen LogP contribution in [-0.4, -0.2) is 85.7 Å². The highest BCUT2D eigenvalue weighted by molar-refractivity contribution is 7.13. The van der Waals surface area contributed by atoms with Gasteiger partial charge in [0.25, 0.3) is 0 Å². The number of hydrogen-bond donors (Lipinski definition) is 5. The highest BCUT2D eigenvalue weighted by Crippen LogP contribution is 2.32. The van der Waals surface area contributed by atoms with Crippen LogP contribution in [0.4, 0.5) is 14.5 Å². The normalized spacial score (nSPS) is 15.3. The number of aryl methyl sites for hydroxylation is 1. The first-order valence-corrected chi connectivity index (χ1v) is 23.0. The molecule has 3 atom stereocenters. The quantitative estimate of drug-likeness (QED) is 0.0447. The maximum Gasteiger partial charge on any atom is 0.246 e. The van der Waals surface area contributed by atoms with E-state index < -0.39 is 58.4 Å². The lowest BCUT2D eigenvalue weighted by Gasteiger charge is -2.35. The molecule has 3 aromatic heterocycles. The van der Waals surface area contributed by atoms with Crippen LogP contribution in [0.15, 0.2) is 84.6 Å². The van der Waals surface area contributed by atoms with Crippen molar-refractivity contribution in [3.63, 3.8) is 0 Å². The zero-order valence-corrected chi connectivity index (χ0v) is 38.7. The fourth-order valence-corrected chi connectivity index (χ4v) is 8.77. The van der Waals surface area contributed by atoms with E-state index in [0.29, 0.717) is 35.2 Å². The summed E-state index contributed by atoms with van der Waals surface area (Å²) < 4.78 is 36.3. The lowest BCUT2D eigenvalue weighted by atomic mass is 9.85. The van der Waals surface area contributed by atoms with Gasteiger partial charge in [-0.25, -0.2) is 18.7 Å². The predicted molar refractivity (Wildman–Crippen MR) is 251 cm³/mol. The summed E-state index contributed by atoms with van der Waals surface area (Å²) in [6.45, 7) is 9.61. The van der Waals surface area contributed by atoms with Crippen LogP contribution in [0, 0.1) is 24.0 Å². The van der Waals surface area contributed by atoms with Crippen molar-refractivity contribution >= 4 is 57.5 Å². The van der Waals surface area contributed by atoms with Gasteiger partial charge in [0.05, 0.1) is 40.0 Å². The number of aromatic amines is 1. The monoisotopic (exact) mass is 933 g/mol. The van der Waals surface area contributed by atoms with Crippen LogP contribution in [0.1, 0.15) is 87.0 Å². The summed E-state index contributed by atoms with van der Waals surface area (Å²) in [6, 6.07) is 16.7. The van der Waals surface area contributed by atoms with E-state index in [9.17, 15) is 33.5 Å². The molecule has 0 bridgehead atoms. The number of aliphatic hydroxyl groups is 1. The first kappa shape index (κ1) is 48.1. The molecule has 17 heteroatoms. The van der Waals surface area contributed by atoms with Gasteiger partial charge in [-0.15, -0.1) is 11.3 Å². The van der Waals surface area contributed by atoms with Crippen LogP contribution in [0.5, 0.6) is 5.75 Å². The van der Waals surface area contributed by atoms with Crippen LogP contribution in [0.25, 0.3) is 32.6 Å². The number of hydrogen-bond acceptors (Lipinski definition) is 10. The fraction of sp³-hybridized carbons (Fsp3) is 0.340. The van der Waals surface area contributed by atoms with E-state index in [2.05, 4.69) is 30.9 Å². The summed E-state index contributed by atoms with van der Waals surface area (Å²) >= 11 is 1.56. The number of H-pyrrole nitrogens is 1. The first-order valence-electron chi connectivity index (χ1n) is 22.1. The Balaban J connectivity index is 0.918. The second kappa shape index (κ2) is 20.8. The number of anilines is 1. The fourth-order valence-electron chi connectivity index (χ4n) is 7.96. The number of ketones is 1. The highest BCUT2D eigenvalue weighted by Gasteiger charge is 2.44. The maximum atomic E-state index is 15.5. The van der Waals surface area contributed by atoms with Gasteiger partial charge in [-0.2, -0.15) is 0 Å². The van der Waals surface area contributed by atoms with E-state index in [1.807, 2.05) is 52.0 Å². The molecule has 0 aliphatic carbocycles. The van der Waals surface area contributed by atoms with E-state index in [1.54, 1.807) is 60.3 Å². The molecule has 350 valence electrons. The van der Waals surface area contributed by atoms with E-state index in [1.165, 1.54) is 11.1 Å². The van der Waals surface area contributed by atoms with Crippen molar-refractivity contribution < 1.29 is 42.6 Å².